The molecule has 2 unspecified atom stereocenters. The van der Waals surface area contributed by atoms with E-state index in [-0.39, 0.29) is 11.7 Å². The van der Waals surface area contributed by atoms with Gasteiger partial charge in [-0.15, -0.1) is 0 Å². The second kappa shape index (κ2) is 5.62. The van der Waals surface area contributed by atoms with E-state index < -0.39 is 5.97 Å². The Morgan fingerprint density at radius 2 is 2.41 bits per heavy atom. The summed E-state index contributed by atoms with van der Waals surface area (Å²) < 4.78 is 5.75. The number of morpholine rings is 1. The van der Waals surface area contributed by atoms with Gasteiger partial charge in [0.2, 0.25) is 0 Å². The second-order valence-electron chi connectivity index (χ2n) is 4.79. The van der Waals surface area contributed by atoms with Crippen LogP contribution in [0.1, 0.15) is 12.8 Å². The standard InChI is InChI=1S/C12H20N2O3/c1-9(12(15)16)5-13-6-11-7-14-4-2-3-10(14)8-17-11/h10-11,13H,1-8H2,(H,15,16). The lowest BCUT2D eigenvalue weighted by Crippen LogP contribution is -2.49. The monoisotopic (exact) mass is 240 g/mol. The normalized spacial score (nSPS) is 28.9. The molecule has 2 fully saturated rings. The zero-order valence-electron chi connectivity index (χ0n) is 10.0. The molecule has 0 aromatic carbocycles. The molecule has 0 amide bonds. The van der Waals surface area contributed by atoms with Crippen LogP contribution >= 0.6 is 0 Å². The molecular weight excluding hydrogens is 220 g/mol. The van der Waals surface area contributed by atoms with Crippen molar-refractivity contribution in [1.29, 1.82) is 0 Å². The van der Waals surface area contributed by atoms with E-state index >= 15 is 0 Å². The van der Waals surface area contributed by atoms with Crippen molar-refractivity contribution in [2.75, 3.05) is 32.8 Å². The van der Waals surface area contributed by atoms with Crippen molar-refractivity contribution in [3.05, 3.63) is 12.2 Å². The fraction of sp³-hybridized carbons (Fsp3) is 0.750. The van der Waals surface area contributed by atoms with Gasteiger partial charge in [0.1, 0.15) is 0 Å². The third-order valence-corrected chi connectivity index (χ3v) is 3.47. The van der Waals surface area contributed by atoms with Crippen molar-refractivity contribution in [2.24, 2.45) is 0 Å². The lowest BCUT2D eigenvalue weighted by molar-refractivity contribution is -0.132. The summed E-state index contributed by atoms with van der Waals surface area (Å²) in [5, 5.41) is 11.7. The van der Waals surface area contributed by atoms with Gasteiger partial charge in [0, 0.05) is 31.2 Å². The van der Waals surface area contributed by atoms with Crippen LogP contribution in [0.5, 0.6) is 0 Å². The van der Waals surface area contributed by atoms with E-state index in [1.165, 1.54) is 19.4 Å². The van der Waals surface area contributed by atoms with Gasteiger partial charge in [-0.25, -0.2) is 4.79 Å². The topological polar surface area (TPSA) is 61.8 Å². The maximum absolute atomic E-state index is 10.6. The minimum absolute atomic E-state index is 0.172. The SMILES string of the molecule is C=C(CNCC1CN2CCCC2CO1)C(=O)O. The molecule has 0 saturated carbocycles. The third-order valence-electron chi connectivity index (χ3n) is 3.47. The number of hydrogen-bond donors (Lipinski definition) is 2. The molecule has 5 heteroatoms. The fourth-order valence-electron chi connectivity index (χ4n) is 2.47. The number of hydrogen-bond acceptors (Lipinski definition) is 4. The molecule has 0 aromatic rings. The minimum atomic E-state index is -0.943. The molecule has 0 radical (unpaired) electrons. The van der Waals surface area contributed by atoms with Crippen molar-refractivity contribution < 1.29 is 14.6 Å². The minimum Gasteiger partial charge on any atom is -0.478 e. The summed E-state index contributed by atoms with van der Waals surface area (Å²) >= 11 is 0. The van der Waals surface area contributed by atoms with Crippen molar-refractivity contribution >= 4 is 5.97 Å². The van der Waals surface area contributed by atoms with Gasteiger partial charge in [-0.1, -0.05) is 6.58 Å². The molecule has 2 N–H and O–H groups in total. The number of fused-ring (bicyclic) bond motifs is 1. The Morgan fingerprint density at radius 1 is 1.59 bits per heavy atom. The molecule has 0 aliphatic carbocycles. The number of ether oxygens (including phenoxy) is 1. The number of carboxylic acids is 1. The van der Waals surface area contributed by atoms with Crippen LogP contribution in [0, 0.1) is 0 Å². The van der Waals surface area contributed by atoms with E-state index in [9.17, 15) is 4.79 Å². The van der Waals surface area contributed by atoms with Gasteiger partial charge in [-0.05, 0) is 19.4 Å². The number of aliphatic carboxylic acids is 1. The summed E-state index contributed by atoms with van der Waals surface area (Å²) in [5.41, 5.74) is 0.194. The zero-order valence-corrected chi connectivity index (χ0v) is 10.0. The molecule has 2 saturated heterocycles. The lowest BCUT2D eigenvalue weighted by atomic mass is 10.2. The van der Waals surface area contributed by atoms with E-state index in [4.69, 9.17) is 9.84 Å². The van der Waals surface area contributed by atoms with Crippen molar-refractivity contribution in [2.45, 2.75) is 25.0 Å². The van der Waals surface area contributed by atoms with Crippen LogP contribution in [0.4, 0.5) is 0 Å². The lowest BCUT2D eigenvalue weighted by Gasteiger charge is -2.35. The van der Waals surface area contributed by atoms with Crippen molar-refractivity contribution in [3.8, 4) is 0 Å². The first-order valence-electron chi connectivity index (χ1n) is 6.14. The van der Waals surface area contributed by atoms with Gasteiger partial charge in [0.25, 0.3) is 0 Å². The third kappa shape index (κ3) is 3.28. The van der Waals surface area contributed by atoms with E-state index in [0.29, 0.717) is 19.1 Å². The van der Waals surface area contributed by atoms with Crippen molar-refractivity contribution in [1.82, 2.24) is 10.2 Å². The van der Waals surface area contributed by atoms with Crippen LogP contribution < -0.4 is 5.32 Å². The first-order valence-corrected chi connectivity index (χ1v) is 6.14. The highest BCUT2D eigenvalue weighted by molar-refractivity contribution is 5.86. The molecule has 0 spiro atoms. The molecule has 0 aromatic heterocycles. The molecule has 0 bridgehead atoms. The predicted molar refractivity (Wildman–Crippen MR) is 64.0 cm³/mol. The summed E-state index contributed by atoms with van der Waals surface area (Å²) in [6.45, 7) is 7.43. The summed E-state index contributed by atoms with van der Waals surface area (Å²) in [5.74, 6) is -0.943. The molecule has 96 valence electrons. The largest absolute Gasteiger partial charge is 0.478 e. The van der Waals surface area contributed by atoms with Crippen LogP contribution in [-0.2, 0) is 9.53 Å². The highest BCUT2D eigenvalue weighted by atomic mass is 16.5. The Balaban J connectivity index is 1.66. The van der Waals surface area contributed by atoms with E-state index in [0.717, 1.165) is 13.2 Å². The Hall–Kier alpha value is -0.910. The van der Waals surface area contributed by atoms with E-state index in [1.807, 2.05) is 0 Å². The molecule has 2 atom stereocenters. The maximum Gasteiger partial charge on any atom is 0.332 e. The number of carbonyl (C=O) groups is 1. The second-order valence-corrected chi connectivity index (χ2v) is 4.79. The Morgan fingerprint density at radius 3 is 3.18 bits per heavy atom. The molecule has 5 nitrogen and oxygen atoms in total. The van der Waals surface area contributed by atoms with Crippen LogP contribution in [0.2, 0.25) is 0 Å². The molecule has 2 aliphatic heterocycles. The Bertz CT molecular complexity index is 306. The smallest absolute Gasteiger partial charge is 0.332 e. The Labute approximate surface area is 101 Å². The molecule has 2 heterocycles. The zero-order chi connectivity index (χ0) is 12.3. The van der Waals surface area contributed by atoms with Gasteiger partial charge in [-0.2, -0.15) is 0 Å². The highest BCUT2D eigenvalue weighted by Gasteiger charge is 2.31. The summed E-state index contributed by atoms with van der Waals surface area (Å²) in [6.07, 6.45) is 2.69. The van der Waals surface area contributed by atoms with Crippen LogP contribution in [0.25, 0.3) is 0 Å². The number of carboxylic acid groups (broad SMARTS) is 1. The molecule has 17 heavy (non-hydrogen) atoms. The quantitative estimate of drug-likeness (QED) is 0.666. The summed E-state index contributed by atoms with van der Waals surface area (Å²) in [7, 11) is 0. The van der Waals surface area contributed by atoms with Gasteiger partial charge in [0.05, 0.1) is 12.7 Å². The van der Waals surface area contributed by atoms with Crippen molar-refractivity contribution in [3.63, 3.8) is 0 Å². The van der Waals surface area contributed by atoms with Gasteiger partial charge >= 0.3 is 5.97 Å². The van der Waals surface area contributed by atoms with Gasteiger partial charge in [0.15, 0.2) is 0 Å². The number of nitrogens with one attached hydrogen (secondary N) is 1. The molecular formula is C12H20N2O3. The summed E-state index contributed by atoms with van der Waals surface area (Å²) in [4.78, 5) is 13.0. The number of rotatable bonds is 5. The maximum atomic E-state index is 10.6. The highest BCUT2D eigenvalue weighted by Crippen LogP contribution is 2.22. The predicted octanol–water partition coefficient (Wildman–Crippen LogP) is 0.0800. The van der Waals surface area contributed by atoms with Gasteiger partial charge in [-0.3, -0.25) is 4.90 Å². The van der Waals surface area contributed by atoms with E-state index in [1.54, 1.807) is 0 Å². The summed E-state index contributed by atoms with van der Waals surface area (Å²) in [6, 6.07) is 0.611. The number of nitrogens with zero attached hydrogens (tertiary/aromatic N) is 1. The van der Waals surface area contributed by atoms with E-state index in [2.05, 4.69) is 16.8 Å². The first kappa shape index (κ1) is 12.5. The Kier molecular flexibility index (Phi) is 4.15. The fourth-order valence-corrected chi connectivity index (χ4v) is 2.47. The molecule has 2 aliphatic rings. The average Bonchev–Trinajstić information content (AvgIpc) is 2.75. The van der Waals surface area contributed by atoms with Crippen LogP contribution in [0.15, 0.2) is 12.2 Å². The van der Waals surface area contributed by atoms with Crippen LogP contribution in [0.3, 0.4) is 0 Å². The van der Waals surface area contributed by atoms with Gasteiger partial charge < -0.3 is 15.2 Å². The molecule has 2 rings (SSSR count). The first-order chi connectivity index (χ1) is 8.16. The van der Waals surface area contributed by atoms with Crippen LogP contribution in [-0.4, -0.2) is 60.9 Å². The average molecular weight is 240 g/mol.